The standard InChI is InChI=1S/C22H32N2O2/c25-22(23-18-21-9-5-17-26-21)11-10-20-12-15-24(16-13-20)14-4-8-19-6-2-1-3-7-19/h1-4,6-8,20-21H,5,9-18H2,(H,23,25). The molecule has 142 valence electrons. The van der Waals surface area contributed by atoms with Crippen LogP contribution in [0.4, 0.5) is 0 Å². The number of carbonyl (C=O) groups is 1. The van der Waals surface area contributed by atoms with Crippen LogP contribution in [0.2, 0.25) is 0 Å². The third kappa shape index (κ3) is 6.58. The molecule has 2 aliphatic heterocycles. The topological polar surface area (TPSA) is 41.6 Å². The summed E-state index contributed by atoms with van der Waals surface area (Å²) in [6.07, 6.45) is 11.0. The van der Waals surface area contributed by atoms with Gasteiger partial charge in [0.05, 0.1) is 6.10 Å². The molecule has 0 aliphatic carbocycles. The summed E-state index contributed by atoms with van der Waals surface area (Å²) >= 11 is 0. The minimum Gasteiger partial charge on any atom is -0.376 e. The zero-order valence-electron chi connectivity index (χ0n) is 15.7. The van der Waals surface area contributed by atoms with E-state index < -0.39 is 0 Å². The van der Waals surface area contributed by atoms with Gasteiger partial charge in [-0.05, 0) is 56.7 Å². The normalized spacial score (nSPS) is 22.1. The van der Waals surface area contributed by atoms with Gasteiger partial charge < -0.3 is 10.1 Å². The maximum absolute atomic E-state index is 12.0. The van der Waals surface area contributed by atoms with Gasteiger partial charge in [-0.2, -0.15) is 0 Å². The van der Waals surface area contributed by atoms with Crippen molar-refractivity contribution in [3.63, 3.8) is 0 Å². The quantitative estimate of drug-likeness (QED) is 0.775. The van der Waals surface area contributed by atoms with Gasteiger partial charge in [0.1, 0.15) is 0 Å². The van der Waals surface area contributed by atoms with Gasteiger partial charge in [-0.3, -0.25) is 9.69 Å². The number of piperidine rings is 1. The fraction of sp³-hybridized carbons (Fsp3) is 0.591. The molecule has 1 aromatic carbocycles. The number of nitrogens with one attached hydrogen (secondary N) is 1. The molecule has 0 saturated carbocycles. The van der Waals surface area contributed by atoms with E-state index >= 15 is 0 Å². The SMILES string of the molecule is O=C(CCC1CCN(CC=Cc2ccccc2)CC1)NCC1CCCO1. The molecule has 26 heavy (non-hydrogen) atoms. The number of likely N-dealkylation sites (tertiary alicyclic amines) is 1. The lowest BCUT2D eigenvalue weighted by molar-refractivity contribution is -0.122. The Hall–Kier alpha value is -1.65. The predicted molar refractivity (Wildman–Crippen MR) is 106 cm³/mol. The highest BCUT2D eigenvalue weighted by atomic mass is 16.5. The Morgan fingerprint density at radius 2 is 2.00 bits per heavy atom. The molecular weight excluding hydrogens is 324 g/mol. The van der Waals surface area contributed by atoms with Crippen LogP contribution in [-0.4, -0.2) is 49.7 Å². The van der Waals surface area contributed by atoms with Gasteiger partial charge in [0, 0.05) is 26.1 Å². The van der Waals surface area contributed by atoms with E-state index in [9.17, 15) is 4.79 Å². The highest BCUT2D eigenvalue weighted by Gasteiger charge is 2.20. The second-order valence-corrected chi connectivity index (χ2v) is 7.53. The Kier molecular flexibility index (Phi) is 7.71. The molecule has 1 amide bonds. The molecule has 0 radical (unpaired) electrons. The molecular formula is C22H32N2O2. The van der Waals surface area contributed by atoms with Crippen LogP contribution in [0.1, 0.15) is 44.1 Å². The zero-order valence-corrected chi connectivity index (χ0v) is 15.7. The summed E-state index contributed by atoms with van der Waals surface area (Å²) in [5, 5.41) is 3.03. The van der Waals surface area contributed by atoms with Gasteiger partial charge >= 0.3 is 0 Å². The van der Waals surface area contributed by atoms with Gasteiger partial charge in [-0.25, -0.2) is 0 Å². The van der Waals surface area contributed by atoms with Crippen LogP contribution in [0.25, 0.3) is 6.08 Å². The molecule has 1 unspecified atom stereocenters. The molecule has 1 atom stereocenters. The molecule has 1 aromatic rings. The van der Waals surface area contributed by atoms with Gasteiger partial charge in [0.15, 0.2) is 0 Å². The number of hydrogen-bond donors (Lipinski definition) is 1. The maximum atomic E-state index is 12.0. The fourth-order valence-corrected chi connectivity index (χ4v) is 3.82. The van der Waals surface area contributed by atoms with Crippen molar-refractivity contribution in [1.82, 2.24) is 10.2 Å². The highest BCUT2D eigenvalue weighted by Crippen LogP contribution is 2.22. The predicted octanol–water partition coefficient (Wildman–Crippen LogP) is 3.49. The molecule has 1 N–H and O–H groups in total. The minimum absolute atomic E-state index is 0.189. The summed E-state index contributed by atoms with van der Waals surface area (Å²) in [6, 6.07) is 10.5. The number of hydrogen-bond acceptors (Lipinski definition) is 3. The van der Waals surface area contributed by atoms with E-state index in [0.29, 0.717) is 18.9 Å². The van der Waals surface area contributed by atoms with Gasteiger partial charge in [0.25, 0.3) is 0 Å². The lowest BCUT2D eigenvalue weighted by Crippen LogP contribution is -2.35. The lowest BCUT2D eigenvalue weighted by Gasteiger charge is -2.31. The van der Waals surface area contributed by atoms with Crippen molar-refractivity contribution in [2.45, 2.75) is 44.6 Å². The Morgan fingerprint density at radius 3 is 2.73 bits per heavy atom. The van der Waals surface area contributed by atoms with Crippen LogP contribution < -0.4 is 5.32 Å². The molecule has 2 heterocycles. The number of rotatable bonds is 8. The Labute approximate surface area is 157 Å². The van der Waals surface area contributed by atoms with Gasteiger partial charge in [0.2, 0.25) is 5.91 Å². The molecule has 2 aliphatic rings. The number of benzene rings is 1. The summed E-state index contributed by atoms with van der Waals surface area (Å²) in [5.41, 5.74) is 1.26. The van der Waals surface area contributed by atoms with Crippen molar-refractivity contribution in [2.24, 2.45) is 5.92 Å². The minimum atomic E-state index is 0.189. The Morgan fingerprint density at radius 1 is 1.19 bits per heavy atom. The van der Waals surface area contributed by atoms with Crippen molar-refractivity contribution in [3.8, 4) is 0 Å². The van der Waals surface area contributed by atoms with Crippen LogP contribution in [0, 0.1) is 5.92 Å². The highest BCUT2D eigenvalue weighted by molar-refractivity contribution is 5.75. The monoisotopic (exact) mass is 356 g/mol. The maximum Gasteiger partial charge on any atom is 0.220 e. The van der Waals surface area contributed by atoms with Crippen LogP contribution in [0.3, 0.4) is 0 Å². The molecule has 0 bridgehead atoms. The van der Waals surface area contributed by atoms with E-state index in [1.54, 1.807) is 0 Å². The first-order chi connectivity index (χ1) is 12.8. The van der Waals surface area contributed by atoms with Crippen molar-refractivity contribution in [2.75, 3.05) is 32.8 Å². The molecule has 0 aromatic heterocycles. The van der Waals surface area contributed by atoms with E-state index in [1.807, 2.05) is 6.07 Å². The number of carbonyl (C=O) groups excluding carboxylic acids is 1. The van der Waals surface area contributed by atoms with Gasteiger partial charge in [-0.1, -0.05) is 42.5 Å². The Balaban J connectivity index is 1.26. The van der Waals surface area contributed by atoms with Crippen molar-refractivity contribution in [3.05, 3.63) is 42.0 Å². The average Bonchev–Trinajstić information content (AvgIpc) is 3.20. The van der Waals surface area contributed by atoms with E-state index in [0.717, 1.165) is 45.5 Å². The third-order valence-corrected chi connectivity index (χ3v) is 5.51. The second kappa shape index (κ2) is 10.5. The van der Waals surface area contributed by atoms with E-state index in [2.05, 4.69) is 46.6 Å². The van der Waals surface area contributed by atoms with Crippen LogP contribution >= 0.6 is 0 Å². The summed E-state index contributed by atoms with van der Waals surface area (Å²) in [5.74, 6) is 0.881. The first-order valence-electron chi connectivity index (χ1n) is 10.1. The number of nitrogens with zero attached hydrogens (tertiary/aromatic N) is 1. The molecule has 2 fully saturated rings. The van der Waals surface area contributed by atoms with E-state index in [-0.39, 0.29) is 12.0 Å². The van der Waals surface area contributed by atoms with Crippen molar-refractivity contribution in [1.29, 1.82) is 0 Å². The van der Waals surface area contributed by atoms with E-state index in [4.69, 9.17) is 4.74 Å². The lowest BCUT2D eigenvalue weighted by atomic mass is 9.92. The number of ether oxygens (including phenoxy) is 1. The average molecular weight is 357 g/mol. The molecule has 0 spiro atoms. The van der Waals surface area contributed by atoms with Crippen LogP contribution in [0.5, 0.6) is 0 Å². The third-order valence-electron chi connectivity index (χ3n) is 5.51. The first kappa shape index (κ1) is 19.1. The molecule has 2 saturated heterocycles. The molecule has 4 heteroatoms. The summed E-state index contributed by atoms with van der Waals surface area (Å²) in [4.78, 5) is 14.5. The van der Waals surface area contributed by atoms with Crippen LogP contribution in [-0.2, 0) is 9.53 Å². The summed E-state index contributed by atoms with van der Waals surface area (Å²) in [7, 11) is 0. The van der Waals surface area contributed by atoms with E-state index in [1.165, 1.54) is 18.4 Å². The molecule has 4 nitrogen and oxygen atoms in total. The summed E-state index contributed by atoms with van der Waals surface area (Å²) in [6.45, 7) is 4.83. The van der Waals surface area contributed by atoms with Crippen molar-refractivity contribution < 1.29 is 9.53 Å². The fourth-order valence-electron chi connectivity index (χ4n) is 3.82. The van der Waals surface area contributed by atoms with Crippen molar-refractivity contribution >= 4 is 12.0 Å². The second-order valence-electron chi connectivity index (χ2n) is 7.53. The summed E-state index contributed by atoms with van der Waals surface area (Å²) < 4.78 is 5.54. The zero-order chi connectivity index (χ0) is 18.0. The number of amides is 1. The molecule has 3 rings (SSSR count). The smallest absolute Gasteiger partial charge is 0.220 e. The largest absolute Gasteiger partial charge is 0.376 e. The van der Waals surface area contributed by atoms with Crippen LogP contribution in [0.15, 0.2) is 36.4 Å². The first-order valence-corrected chi connectivity index (χ1v) is 10.1. The Bertz CT molecular complexity index is 559. The van der Waals surface area contributed by atoms with Gasteiger partial charge in [-0.15, -0.1) is 0 Å².